The van der Waals surface area contributed by atoms with Crippen molar-refractivity contribution in [1.82, 2.24) is 24.3 Å². The van der Waals surface area contributed by atoms with E-state index >= 15 is 0 Å². The third kappa shape index (κ3) is 2.47. The Hall–Kier alpha value is -4.21. The zero-order valence-electron chi connectivity index (χ0n) is 15.8. The molecular weight excluding hydrogens is 390 g/mol. The average molecular weight is 405 g/mol. The standard InChI is InChI=1S/C20H15N5O5/c1-10(2)19(28)29-7-8-30-25-17(26)11-3-5-13-16-14(24-20(23-13)21-9-22-24)6-4-12(15(11)16)18(25)27/h3-6,9H,1,7-8H2,2H3,(H,21,22,23). The molecule has 0 aliphatic heterocycles. The molecule has 10 nitrogen and oxygen atoms in total. The molecule has 150 valence electrons. The molecule has 2 aromatic carbocycles. The molecule has 0 unspecified atom stereocenters. The molecule has 0 amide bonds. The van der Waals surface area contributed by atoms with Crippen molar-refractivity contribution in [3.8, 4) is 0 Å². The number of carbonyl (C=O) groups excluding carboxylic acids is 1. The number of nitrogens with zero attached hydrogens (tertiary/aromatic N) is 4. The van der Waals surface area contributed by atoms with Crippen LogP contribution in [0.2, 0.25) is 0 Å². The third-order valence-electron chi connectivity index (χ3n) is 4.88. The molecule has 5 rings (SSSR count). The van der Waals surface area contributed by atoms with Crippen molar-refractivity contribution in [2.45, 2.75) is 6.92 Å². The minimum atomic E-state index is -0.591. The Labute approximate surface area is 167 Å². The first kappa shape index (κ1) is 17.9. The summed E-state index contributed by atoms with van der Waals surface area (Å²) in [5.41, 5.74) is 0.517. The zero-order valence-corrected chi connectivity index (χ0v) is 15.8. The number of esters is 1. The summed E-state index contributed by atoms with van der Waals surface area (Å²) in [4.78, 5) is 50.1. The Kier molecular flexibility index (Phi) is 3.82. The van der Waals surface area contributed by atoms with Gasteiger partial charge >= 0.3 is 5.97 Å². The van der Waals surface area contributed by atoms with Gasteiger partial charge < -0.3 is 14.6 Å². The van der Waals surface area contributed by atoms with Crippen molar-refractivity contribution >= 4 is 44.3 Å². The minimum Gasteiger partial charge on any atom is -0.459 e. The Balaban J connectivity index is 1.65. The van der Waals surface area contributed by atoms with Crippen molar-refractivity contribution in [2.75, 3.05) is 13.2 Å². The number of carbonyl (C=O) groups is 1. The summed E-state index contributed by atoms with van der Waals surface area (Å²) in [6.45, 7) is 4.72. The Morgan fingerprint density at radius 3 is 2.57 bits per heavy atom. The minimum absolute atomic E-state index is 0.123. The lowest BCUT2D eigenvalue weighted by Gasteiger charge is -2.13. The number of benzene rings is 2. The maximum Gasteiger partial charge on any atom is 0.333 e. The highest BCUT2D eigenvalue weighted by Gasteiger charge is 2.19. The zero-order chi connectivity index (χ0) is 21.0. The van der Waals surface area contributed by atoms with Crippen LogP contribution in [0.1, 0.15) is 6.92 Å². The molecule has 0 aliphatic rings. The van der Waals surface area contributed by atoms with E-state index in [-0.39, 0.29) is 18.8 Å². The molecule has 1 N–H and O–H groups in total. The largest absolute Gasteiger partial charge is 0.459 e. The number of aromatic amines is 1. The molecule has 10 heteroatoms. The van der Waals surface area contributed by atoms with Crippen LogP contribution in [-0.2, 0) is 9.53 Å². The lowest BCUT2D eigenvalue weighted by molar-refractivity contribution is -0.140. The fourth-order valence-corrected chi connectivity index (χ4v) is 3.55. The van der Waals surface area contributed by atoms with Crippen LogP contribution in [0, 0.1) is 0 Å². The average Bonchev–Trinajstić information content (AvgIpc) is 3.21. The van der Waals surface area contributed by atoms with Gasteiger partial charge in [0.25, 0.3) is 11.1 Å². The van der Waals surface area contributed by atoms with Crippen molar-refractivity contribution in [1.29, 1.82) is 0 Å². The van der Waals surface area contributed by atoms with Crippen LogP contribution in [0.5, 0.6) is 0 Å². The highest BCUT2D eigenvalue weighted by atomic mass is 16.7. The van der Waals surface area contributed by atoms with E-state index < -0.39 is 17.1 Å². The van der Waals surface area contributed by atoms with E-state index in [1.54, 1.807) is 28.8 Å². The number of nitrogens with one attached hydrogen (secondary N) is 1. The maximum absolute atomic E-state index is 13.0. The third-order valence-corrected chi connectivity index (χ3v) is 4.88. The number of pyridine rings is 1. The van der Waals surface area contributed by atoms with Crippen molar-refractivity contribution < 1.29 is 14.4 Å². The van der Waals surface area contributed by atoms with Gasteiger partial charge in [0.2, 0.25) is 5.78 Å². The molecule has 30 heavy (non-hydrogen) atoms. The summed E-state index contributed by atoms with van der Waals surface area (Å²) in [7, 11) is 0. The van der Waals surface area contributed by atoms with Crippen molar-refractivity contribution in [2.24, 2.45) is 0 Å². The van der Waals surface area contributed by atoms with Crippen LogP contribution in [0.25, 0.3) is 38.4 Å². The SMILES string of the molecule is C=C(C)C(=O)OCCOn1c(=O)c2ccc3[nH]c4ncnn4c4ccc(c1=O)c2c34. The molecule has 0 bridgehead atoms. The van der Waals surface area contributed by atoms with E-state index in [1.807, 2.05) is 0 Å². The molecule has 0 fully saturated rings. The van der Waals surface area contributed by atoms with Gasteiger partial charge in [-0.1, -0.05) is 6.58 Å². The van der Waals surface area contributed by atoms with Crippen molar-refractivity contribution in [3.63, 3.8) is 0 Å². The van der Waals surface area contributed by atoms with Crippen molar-refractivity contribution in [3.05, 3.63) is 63.5 Å². The first-order valence-corrected chi connectivity index (χ1v) is 9.09. The lowest BCUT2D eigenvalue weighted by atomic mass is 10.0. The molecule has 0 atom stereocenters. The van der Waals surface area contributed by atoms with E-state index in [1.165, 1.54) is 13.3 Å². The number of fused-ring (bicyclic) bond motifs is 2. The Bertz CT molecular complexity index is 1560. The van der Waals surface area contributed by atoms with Gasteiger partial charge in [0.15, 0.2) is 0 Å². The first-order chi connectivity index (χ1) is 14.5. The first-order valence-electron chi connectivity index (χ1n) is 9.09. The van der Waals surface area contributed by atoms with Gasteiger partial charge in [-0.25, -0.2) is 4.79 Å². The van der Waals surface area contributed by atoms with E-state index in [0.717, 1.165) is 11.0 Å². The smallest absolute Gasteiger partial charge is 0.333 e. The van der Waals surface area contributed by atoms with Crippen LogP contribution < -0.4 is 16.0 Å². The Morgan fingerprint density at radius 1 is 1.10 bits per heavy atom. The second-order valence-corrected chi connectivity index (χ2v) is 6.82. The van der Waals surface area contributed by atoms with E-state index in [4.69, 9.17) is 9.57 Å². The molecule has 0 radical (unpaired) electrons. The van der Waals surface area contributed by atoms with Gasteiger partial charge in [-0.3, -0.25) is 9.59 Å². The molecule has 0 saturated carbocycles. The summed E-state index contributed by atoms with van der Waals surface area (Å²) in [6, 6.07) is 6.78. The van der Waals surface area contributed by atoms with E-state index in [9.17, 15) is 14.4 Å². The van der Waals surface area contributed by atoms with Crippen LogP contribution >= 0.6 is 0 Å². The summed E-state index contributed by atoms with van der Waals surface area (Å²) < 4.78 is 7.25. The fraction of sp³-hybridized carbons (Fsp3) is 0.150. The number of ether oxygens (including phenoxy) is 1. The quantitative estimate of drug-likeness (QED) is 0.201. The van der Waals surface area contributed by atoms with Crippen LogP contribution in [0.15, 0.2) is 52.3 Å². The normalized spacial score (nSPS) is 11.6. The number of rotatable bonds is 5. The molecule has 3 aromatic heterocycles. The summed E-state index contributed by atoms with van der Waals surface area (Å²) in [5, 5.41) is 6.10. The topological polar surface area (TPSA) is 121 Å². The van der Waals surface area contributed by atoms with Gasteiger partial charge in [0.05, 0.1) is 21.8 Å². The summed E-state index contributed by atoms with van der Waals surface area (Å²) in [5.74, 6) is -0.0206. The lowest BCUT2D eigenvalue weighted by Crippen LogP contribution is -2.39. The highest BCUT2D eigenvalue weighted by molar-refractivity contribution is 6.21. The Morgan fingerprint density at radius 2 is 1.83 bits per heavy atom. The molecule has 0 saturated heterocycles. The van der Waals surface area contributed by atoms with Gasteiger partial charge in [-0.2, -0.15) is 14.6 Å². The molecule has 0 spiro atoms. The molecule has 5 aromatic rings. The number of H-pyrrole nitrogens is 1. The van der Waals surface area contributed by atoms with E-state index in [2.05, 4.69) is 21.6 Å². The predicted molar refractivity (Wildman–Crippen MR) is 109 cm³/mol. The van der Waals surface area contributed by atoms with Gasteiger partial charge in [0, 0.05) is 16.3 Å². The van der Waals surface area contributed by atoms with Crippen LogP contribution in [-0.4, -0.2) is 43.5 Å². The maximum atomic E-state index is 13.0. The molecular formula is C20H15N5O5. The molecule has 3 heterocycles. The number of aromatic nitrogens is 5. The summed E-state index contributed by atoms with van der Waals surface area (Å²) >= 11 is 0. The predicted octanol–water partition coefficient (Wildman–Crippen LogP) is 1.02. The second-order valence-electron chi connectivity index (χ2n) is 6.82. The molecule has 0 aliphatic carbocycles. The van der Waals surface area contributed by atoms with Gasteiger partial charge in [-0.15, -0.1) is 4.73 Å². The van der Waals surface area contributed by atoms with E-state index in [0.29, 0.717) is 32.1 Å². The summed E-state index contributed by atoms with van der Waals surface area (Å²) in [6.07, 6.45) is 1.42. The van der Waals surface area contributed by atoms with Gasteiger partial charge in [0.1, 0.15) is 19.5 Å². The van der Waals surface area contributed by atoms with Crippen LogP contribution in [0.3, 0.4) is 0 Å². The number of hydrogen-bond donors (Lipinski definition) is 1. The van der Waals surface area contributed by atoms with Crippen LogP contribution in [0.4, 0.5) is 0 Å². The monoisotopic (exact) mass is 405 g/mol. The fourth-order valence-electron chi connectivity index (χ4n) is 3.55. The second kappa shape index (κ2) is 6.41. The van der Waals surface area contributed by atoms with Gasteiger partial charge in [-0.05, 0) is 31.2 Å². The highest BCUT2D eigenvalue weighted by Crippen LogP contribution is 2.30. The number of hydrogen-bond acceptors (Lipinski definition) is 7.